The van der Waals surface area contributed by atoms with Gasteiger partial charge in [-0.25, -0.2) is 0 Å². The monoisotopic (exact) mass is 155 g/mol. The Labute approximate surface area is 68.3 Å². The maximum Gasteiger partial charge on any atom is 0.0657 e. The first-order valence-corrected chi connectivity index (χ1v) is 4.53. The van der Waals surface area contributed by atoms with Gasteiger partial charge >= 0.3 is 0 Å². The average molecular weight is 155 g/mol. The molecule has 2 rings (SSSR count). The zero-order valence-electron chi connectivity index (χ0n) is 7.39. The molecule has 2 aliphatic carbocycles. The lowest BCUT2D eigenvalue weighted by Gasteiger charge is -2.60. The van der Waals surface area contributed by atoms with Gasteiger partial charge in [0.15, 0.2) is 0 Å². The van der Waals surface area contributed by atoms with Crippen LogP contribution in [0.1, 0.15) is 25.7 Å². The first-order valence-electron chi connectivity index (χ1n) is 4.53. The SMILES string of the molecule is CNC1CC(OC)C12CCC2. The largest absolute Gasteiger partial charge is 0.381 e. The van der Waals surface area contributed by atoms with E-state index in [1.807, 2.05) is 7.11 Å². The van der Waals surface area contributed by atoms with Crippen molar-refractivity contribution in [2.45, 2.75) is 37.8 Å². The molecular weight excluding hydrogens is 138 g/mol. The minimum absolute atomic E-state index is 0.545. The summed E-state index contributed by atoms with van der Waals surface area (Å²) in [5.74, 6) is 0. The summed E-state index contributed by atoms with van der Waals surface area (Å²) in [6.45, 7) is 0. The van der Waals surface area contributed by atoms with Crippen molar-refractivity contribution in [1.29, 1.82) is 0 Å². The van der Waals surface area contributed by atoms with Gasteiger partial charge in [-0.1, -0.05) is 6.42 Å². The Bertz CT molecular complexity index is 142. The average Bonchev–Trinajstić information content (AvgIpc) is 1.84. The molecule has 0 saturated heterocycles. The van der Waals surface area contributed by atoms with Gasteiger partial charge in [0, 0.05) is 18.6 Å². The van der Waals surface area contributed by atoms with Gasteiger partial charge in [0.25, 0.3) is 0 Å². The molecule has 64 valence electrons. The molecule has 0 radical (unpaired) electrons. The molecule has 2 atom stereocenters. The maximum absolute atomic E-state index is 5.44. The smallest absolute Gasteiger partial charge is 0.0657 e. The van der Waals surface area contributed by atoms with Gasteiger partial charge in [0.05, 0.1) is 6.10 Å². The molecular formula is C9H17NO. The van der Waals surface area contributed by atoms with Crippen LogP contribution in [0.2, 0.25) is 0 Å². The molecule has 2 fully saturated rings. The lowest BCUT2D eigenvalue weighted by molar-refractivity contribution is -0.159. The standard InChI is InChI=1S/C9H17NO/c1-10-7-6-8(11-2)9(7)4-3-5-9/h7-8,10H,3-6H2,1-2H3. The van der Waals surface area contributed by atoms with Crippen LogP contribution in [0.25, 0.3) is 0 Å². The molecule has 11 heavy (non-hydrogen) atoms. The van der Waals surface area contributed by atoms with Gasteiger partial charge in [0.1, 0.15) is 0 Å². The second kappa shape index (κ2) is 2.46. The normalized spacial score (nSPS) is 39.8. The molecule has 2 unspecified atom stereocenters. The summed E-state index contributed by atoms with van der Waals surface area (Å²) >= 11 is 0. The summed E-state index contributed by atoms with van der Waals surface area (Å²) in [6.07, 6.45) is 5.91. The lowest BCUT2D eigenvalue weighted by atomic mass is 9.51. The Kier molecular flexibility index (Phi) is 1.69. The second-order valence-electron chi connectivity index (χ2n) is 3.89. The predicted molar refractivity (Wildman–Crippen MR) is 44.5 cm³/mol. The Balaban J connectivity index is 2.01. The van der Waals surface area contributed by atoms with Crippen molar-refractivity contribution in [3.8, 4) is 0 Å². The van der Waals surface area contributed by atoms with E-state index in [-0.39, 0.29) is 0 Å². The van der Waals surface area contributed by atoms with E-state index in [9.17, 15) is 0 Å². The summed E-state index contributed by atoms with van der Waals surface area (Å²) in [4.78, 5) is 0. The summed E-state index contributed by atoms with van der Waals surface area (Å²) < 4.78 is 5.44. The van der Waals surface area contributed by atoms with E-state index in [4.69, 9.17) is 4.74 Å². The number of ether oxygens (including phenoxy) is 1. The Hall–Kier alpha value is -0.0800. The summed E-state index contributed by atoms with van der Waals surface area (Å²) in [5, 5.41) is 3.38. The van der Waals surface area contributed by atoms with Crippen molar-refractivity contribution in [2.75, 3.05) is 14.2 Å². The van der Waals surface area contributed by atoms with Crippen molar-refractivity contribution in [2.24, 2.45) is 5.41 Å². The van der Waals surface area contributed by atoms with E-state index in [1.54, 1.807) is 0 Å². The van der Waals surface area contributed by atoms with Crippen molar-refractivity contribution >= 4 is 0 Å². The minimum Gasteiger partial charge on any atom is -0.381 e. The fourth-order valence-corrected chi connectivity index (χ4v) is 2.74. The van der Waals surface area contributed by atoms with Crippen molar-refractivity contribution in [3.63, 3.8) is 0 Å². The molecule has 0 heterocycles. The highest BCUT2D eigenvalue weighted by Gasteiger charge is 2.57. The lowest BCUT2D eigenvalue weighted by Crippen LogP contribution is -2.65. The third-order valence-electron chi connectivity index (χ3n) is 3.70. The van der Waals surface area contributed by atoms with Crippen LogP contribution in [-0.4, -0.2) is 26.3 Å². The highest BCUT2D eigenvalue weighted by molar-refractivity contribution is 5.11. The highest BCUT2D eigenvalue weighted by Crippen LogP contribution is 2.56. The summed E-state index contributed by atoms with van der Waals surface area (Å²) in [5.41, 5.74) is 0.545. The quantitative estimate of drug-likeness (QED) is 0.646. The van der Waals surface area contributed by atoms with Crippen LogP contribution in [0.3, 0.4) is 0 Å². The van der Waals surface area contributed by atoms with E-state index >= 15 is 0 Å². The highest BCUT2D eigenvalue weighted by atomic mass is 16.5. The van der Waals surface area contributed by atoms with Crippen LogP contribution in [0.5, 0.6) is 0 Å². The first-order chi connectivity index (χ1) is 5.33. The molecule has 1 N–H and O–H groups in total. The van der Waals surface area contributed by atoms with Crippen molar-refractivity contribution in [3.05, 3.63) is 0 Å². The molecule has 0 aromatic carbocycles. The van der Waals surface area contributed by atoms with Gasteiger partial charge in [-0.15, -0.1) is 0 Å². The third kappa shape index (κ3) is 0.798. The van der Waals surface area contributed by atoms with Crippen LogP contribution in [-0.2, 0) is 4.74 Å². The number of methoxy groups -OCH3 is 1. The van der Waals surface area contributed by atoms with E-state index in [0.717, 1.165) is 6.04 Å². The topological polar surface area (TPSA) is 21.3 Å². The van der Waals surface area contributed by atoms with E-state index in [1.165, 1.54) is 25.7 Å². The van der Waals surface area contributed by atoms with Gasteiger partial charge in [0.2, 0.25) is 0 Å². The van der Waals surface area contributed by atoms with Gasteiger partial charge in [-0.2, -0.15) is 0 Å². The van der Waals surface area contributed by atoms with Gasteiger partial charge < -0.3 is 10.1 Å². The molecule has 0 aromatic rings. The molecule has 0 bridgehead atoms. The number of hydrogen-bond acceptors (Lipinski definition) is 2. The second-order valence-corrected chi connectivity index (χ2v) is 3.89. The minimum atomic E-state index is 0.545. The molecule has 0 amide bonds. The van der Waals surface area contributed by atoms with Crippen LogP contribution < -0.4 is 5.32 Å². The van der Waals surface area contributed by atoms with Crippen molar-refractivity contribution in [1.82, 2.24) is 5.32 Å². The Morgan fingerprint density at radius 2 is 2.18 bits per heavy atom. The van der Waals surface area contributed by atoms with Crippen LogP contribution >= 0.6 is 0 Å². The predicted octanol–water partition coefficient (Wildman–Crippen LogP) is 1.16. The van der Waals surface area contributed by atoms with E-state index < -0.39 is 0 Å². The van der Waals surface area contributed by atoms with Crippen molar-refractivity contribution < 1.29 is 4.74 Å². The third-order valence-corrected chi connectivity index (χ3v) is 3.70. The zero-order chi connectivity index (χ0) is 7.90. The molecule has 0 aliphatic heterocycles. The van der Waals surface area contributed by atoms with E-state index in [0.29, 0.717) is 11.5 Å². The number of nitrogens with one attached hydrogen (secondary N) is 1. The number of hydrogen-bond donors (Lipinski definition) is 1. The van der Waals surface area contributed by atoms with Crippen LogP contribution in [0.15, 0.2) is 0 Å². The summed E-state index contributed by atoms with van der Waals surface area (Å²) in [7, 11) is 3.91. The van der Waals surface area contributed by atoms with E-state index in [2.05, 4.69) is 12.4 Å². The number of rotatable bonds is 2. The van der Waals surface area contributed by atoms with Gasteiger partial charge in [-0.3, -0.25) is 0 Å². The Morgan fingerprint density at radius 1 is 1.45 bits per heavy atom. The van der Waals surface area contributed by atoms with Gasteiger partial charge in [-0.05, 0) is 26.3 Å². The molecule has 1 spiro atoms. The molecule has 2 heteroatoms. The fraction of sp³-hybridized carbons (Fsp3) is 1.00. The maximum atomic E-state index is 5.44. The van der Waals surface area contributed by atoms with Crippen LogP contribution in [0, 0.1) is 5.41 Å². The Morgan fingerprint density at radius 3 is 2.55 bits per heavy atom. The zero-order valence-corrected chi connectivity index (χ0v) is 7.39. The molecule has 2 aliphatic rings. The molecule has 0 aromatic heterocycles. The fourth-order valence-electron chi connectivity index (χ4n) is 2.74. The summed E-state index contributed by atoms with van der Waals surface area (Å²) in [6, 6.07) is 0.737. The first kappa shape index (κ1) is 7.56. The van der Waals surface area contributed by atoms with Crippen LogP contribution in [0.4, 0.5) is 0 Å². The molecule has 2 nitrogen and oxygen atoms in total. The molecule has 2 saturated carbocycles.